The molecule has 5 heterocycles. The van der Waals surface area contributed by atoms with Crippen LogP contribution in [0.4, 0.5) is 21.8 Å². The number of aromatic nitrogens is 6. The van der Waals surface area contributed by atoms with Crippen molar-refractivity contribution in [3.05, 3.63) is 25.2 Å². The zero-order chi connectivity index (χ0) is 26.3. The van der Waals surface area contributed by atoms with Crippen LogP contribution in [-0.4, -0.2) is 92.7 Å². The number of amides is 1. The number of nitrogens with zero attached hydrogens (tertiary/aromatic N) is 8. The number of hydrogen-bond donors (Lipinski definition) is 2. The lowest BCUT2D eigenvalue weighted by atomic mass is 10.2. The summed E-state index contributed by atoms with van der Waals surface area (Å²) >= 11 is 0. The molecule has 2 fully saturated rings. The van der Waals surface area contributed by atoms with Gasteiger partial charge in [0.2, 0.25) is 11.9 Å². The Morgan fingerprint density at radius 3 is 2.78 bits per heavy atom. The number of alkyl halides is 1. The van der Waals surface area contributed by atoms with Gasteiger partial charge in [-0.2, -0.15) is 9.97 Å². The monoisotopic (exact) mass is 512 g/mol. The molecule has 2 saturated heterocycles. The first-order chi connectivity index (χ1) is 17.8. The number of nitrogens with one attached hydrogen (secondary N) is 2. The minimum Gasteiger partial charge on any atom is -0.478 e. The van der Waals surface area contributed by atoms with E-state index in [1.165, 1.54) is 0 Å². The van der Waals surface area contributed by atoms with Gasteiger partial charge in [0, 0.05) is 19.1 Å². The van der Waals surface area contributed by atoms with Gasteiger partial charge in [-0.15, -0.1) is 5.10 Å². The van der Waals surface area contributed by atoms with Gasteiger partial charge in [-0.05, 0) is 39.9 Å². The number of likely N-dealkylation sites (tertiary alicyclic amines) is 1. The average Bonchev–Trinajstić information content (AvgIpc) is 3.65. The van der Waals surface area contributed by atoms with E-state index in [9.17, 15) is 9.18 Å². The molecule has 198 valence electrons. The lowest BCUT2D eigenvalue weighted by Crippen LogP contribution is -2.40. The van der Waals surface area contributed by atoms with Crippen LogP contribution in [0.3, 0.4) is 0 Å². The van der Waals surface area contributed by atoms with E-state index in [0.717, 1.165) is 25.6 Å². The van der Waals surface area contributed by atoms with Crippen LogP contribution in [0.5, 0.6) is 5.88 Å². The number of rotatable bonds is 8. The molecule has 3 aromatic rings. The van der Waals surface area contributed by atoms with Crippen molar-refractivity contribution in [2.45, 2.75) is 44.6 Å². The number of imidazole rings is 1. The highest BCUT2D eigenvalue weighted by atomic mass is 19.1. The number of halogens is 1. The number of likely N-dealkylation sites (N-methyl/N-ethyl adjacent to an activating group) is 1. The zero-order valence-corrected chi connectivity index (χ0v) is 21.6. The van der Waals surface area contributed by atoms with Crippen molar-refractivity contribution in [1.29, 1.82) is 0 Å². The van der Waals surface area contributed by atoms with Crippen LogP contribution in [-0.2, 0) is 4.79 Å². The molecule has 2 aliphatic heterocycles. The van der Waals surface area contributed by atoms with Crippen molar-refractivity contribution >= 4 is 34.5 Å². The van der Waals surface area contributed by atoms with Gasteiger partial charge in [0.05, 0.1) is 38.3 Å². The molecule has 0 aliphatic carbocycles. The van der Waals surface area contributed by atoms with Gasteiger partial charge in [0.1, 0.15) is 11.9 Å². The van der Waals surface area contributed by atoms with Crippen molar-refractivity contribution in [3.63, 3.8) is 0 Å². The summed E-state index contributed by atoms with van der Waals surface area (Å²) < 4.78 is 24.2. The first-order valence-corrected chi connectivity index (χ1v) is 12.4. The first-order valence-electron chi connectivity index (χ1n) is 12.4. The Labute approximate surface area is 214 Å². The zero-order valence-electron chi connectivity index (χ0n) is 21.6. The van der Waals surface area contributed by atoms with Crippen molar-refractivity contribution in [2.75, 3.05) is 50.6 Å². The molecule has 1 amide bonds. The number of ether oxygens (including phenoxy) is 1. The van der Waals surface area contributed by atoms with Gasteiger partial charge in [0.15, 0.2) is 17.0 Å². The number of methoxy groups -OCH3 is 1. The molecule has 37 heavy (non-hydrogen) atoms. The smallest absolute Gasteiger partial charge is 0.256 e. The normalized spacial score (nSPS) is 22.2. The highest BCUT2D eigenvalue weighted by molar-refractivity contribution is 5.88. The molecule has 3 atom stereocenters. The van der Waals surface area contributed by atoms with E-state index in [1.54, 1.807) is 18.3 Å². The highest BCUT2D eigenvalue weighted by Gasteiger charge is 2.35. The van der Waals surface area contributed by atoms with Gasteiger partial charge >= 0.3 is 0 Å². The molecule has 2 N–H and O–H groups in total. The van der Waals surface area contributed by atoms with E-state index < -0.39 is 18.1 Å². The van der Waals surface area contributed by atoms with Crippen LogP contribution < -0.4 is 20.3 Å². The molecular weight excluding hydrogens is 479 g/mol. The second kappa shape index (κ2) is 9.96. The summed E-state index contributed by atoms with van der Waals surface area (Å²) in [6, 6.07) is -0.326. The minimum atomic E-state index is -1.27. The Hall–Kier alpha value is -3.74. The molecule has 3 aromatic heterocycles. The van der Waals surface area contributed by atoms with Crippen LogP contribution in [0, 0.1) is 0 Å². The van der Waals surface area contributed by atoms with Crippen molar-refractivity contribution in [1.82, 2.24) is 39.5 Å². The van der Waals surface area contributed by atoms with E-state index in [0.29, 0.717) is 34.5 Å². The van der Waals surface area contributed by atoms with Crippen LogP contribution >= 0.6 is 0 Å². The maximum atomic E-state index is 14.8. The second-order valence-electron chi connectivity index (χ2n) is 9.89. The van der Waals surface area contributed by atoms with E-state index >= 15 is 0 Å². The molecule has 12 nitrogen and oxygen atoms in total. The van der Waals surface area contributed by atoms with E-state index in [2.05, 4.69) is 39.2 Å². The largest absolute Gasteiger partial charge is 0.478 e. The fourth-order valence-electron chi connectivity index (χ4n) is 4.87. The van der Waals surface area contributed by atoms with E-state index in [1.807, 2.05) is 29.3 Å². The average molecular weight is 513 g/mol. The predicted octanol–water partition coefficient (Wildman–Crippen LogP) is 2.06. The molecule has 0 spiro atoms. The van der Waals surface area contributed by atoms with E-state index in [-0.39, 0.29) is 25.2 Å². The molecule has 13 heteroatoms. The summed E-state index contributed by atoms with van der Waals surface area (Å²) in [5.41, 5.74) is 1.86. The predicted molar refractivity (Wildman–Crippen MR) is 138 cm³/mol. The number of carbonyl (C=O) groups excluding carboxylic acids is 1. The van der Waals surface area contributed by atoms with Crippen LogP contribution in [0.2, 0.25) is 0 Å². The van der Waals surface area contributed by atoms with Crippen LogP contribution in [0.1, 0.15) is 32.4 Å². The van der Waals surface area contributed by atoms with Gasteiger partial charge < -0.3 is 29.7 Å². The topological polar surface area (TPSA) is 118 Å². The third-order valence-corrected chi connectivity index (χ3v) is 6.90. The summed E-state index contributed by atoms with van der Waals surface area (Å²) in [5.74, 6) is 0.848. The van der Waals surface area contributed by atoms with Gasteiger partial charge in [0.25, 0.3) is 5.88 Å². The summed E-state index contributed by atoms with van der Waals surface area (Å²) in [6.45, 7) is 9.73. The Morgan fingerprint density at radius 2 is 2.11 bits per heavy atom. The summed E-state index contributed by atoms with van der Waals surface area (Å²) in [5, 5.41) is 10.6. The summed E-state index contributed by atoms with van der Waals surface area (Å²) in [4.78, 5) is 29.8. The number of anilines is 3. The molecule has 2 aliphatic rings. The SMILES string of the molecule is C=CC(=O)N[C@@H]1CN(c2nc(Nc3cn(C4CCN(C)C4)nc3OC)c3ncn(C(C)C)c3n2)C[C@H]1F. The standard InChI is InChI=1S/C24H33FN10O2/c1-6-19(36)27-17-11-33(10-16(17)25)24-29-21(20-22(30-24)34(13-26-20)14(2)3)28-18-12-35(31-23(18)37-5)15-7-8-32(4)9-15/h6,12-17H,1,7-11H2,2-5H3,(H,27,36)(H,28,29,30)/t15?,16-,17-/m1/s1. The van der Waals surface area contributed by atoms with Gasteiger partial charge in [-0.1, -0.05) is 6.58 Å². The molecule has 5 rings (SSSR count). The van der Waals surface area contributed by atoms with Crippen molar-refractivity contribution in [2.24, 2.45) is 0 Å². The molecule has 1 unspecified atom stereocenters. The van der Waals surface area contributed by atoms with Crippen molar-refractivity contribution < 1.29 is 13.9 Å². The van der Waals surface area contributed by atoms with Crippen molar-refractivity contribution in [3.8, 4) is 5.88 Å². The second-order valence-corrected chi connectivity index (χ2v) is 9.89. The Bertz CT molecular complexity index is 1300. The number of hydrogen-bond acceptors (Lipinski definition) is 9. The summed E-state index contributed by atoms with van der Waals surface area (Å²) in [7, 11) is 3.67. The molecule has 0 aromatic carbocycles. The molecule has 0 radical (unpaired) electrons. The van der Waals surface area contributed by atoms with Crippen LogP contribution in [0.15, 0.2) is 25.2 Å². The van der Waals surface area contributed by atoms with E-state index in [4.69, 9.17) is 14.7 Å². The van der Waals surface area contributed by atoms with Gasteiger partial charge in [-0.3, -0.25) is 9.48 Å². The fourth-order valence-corrected chi connectivity index (χ4v) is 4.87. The van der Waals surface area contributed by atoms with Crippen LogP contribution in [0.25, 0.3) is 11.2 Å². The van der Waals surface area contributed by atoms with Gasteiger partial charge in [-0.25, -0.2) is 9.37 Å². The minimum absolute atomic E-state index is 0.0549. The Balaban J connectivity index is 1.50. The quantitative estimate of drug-likeness (QED) is 0.437. The highest BCUT2D eigenvalue weighted by Crippen LogP contribution is 2.33. The Morgan fingerprint density at radius 1 is 1.30 bits per heavy atom. The first kappa shape index (κ1) is 24.9. The number of fused-ring (bicyclic) bond motifs is 1. The third-order valence-electron chi connectivity index (χ3n) is 6.90. The maximum absolute atomic E-state index is 14.8. The molecular formula is C24H33FN10O2. The summed E-state index contributed by atoms with van der Waals surface area (Å²) in [6.07, 6.45) is 4.52. The fraction of sp³-hybridized carbons (Fsp3) is 0.542. The lowest BCUT2D eigenvalue weighted by molar-refractivity contribution is -0.117. The third kappa shape index (κ3) is 4.82. The Kier molecular flexibility index (Phi) is 6.71. The number of carbonyl (C=O) groups is 1. The lowest BCUT2D eigenvalue weighted by Gasteiger charge is -2.18. The molecule has 0 saturated carbocycles. The molecule has 0 bridgehead atoms. The maximum Gasteiger partial charge on any atom is 0.256 e.